The van der Waals surface area contributed by atoms with Crippen molar-refractivity contribution in [2.45, 2.75) is 6.42 Å². The summed E-state index contributed by atoms with van der Waals surface area (Å²) in [5, 5.41) is 3.46. The van der Waals surface area contributed by atoms with Crippen LogP contribution in [0.25, 0.3) is 5.57 Å². The van der Waals surface area contributed by atoms with E-state index in [1.54, 1.807) is 0 Å². The first kappa shape index (κ1) is 8.18. The highest BCUT2D eigenvalue weighted by Gasteiger charge is 2.33. The van der Waals surface area contributed by atoms with Crippen molar-refractivity contribution in [2.75, 3.05) is 13.1 Å². The van der Waals surface area contributed by atoms with Crippen molar-refractivity contribution < 1.29 is 0 Å². The van der Waals surface area contributed by atoms with E-state index in [-0.39, 0.29) is 0 Å². The van der Waals surface area contributed by atoms with Gasteiger partial charge in [-0.2, -0.15) is 0 Å². The summed E-state index contributed by atoms with van der Waals surface area (Å²) >= 11 is 0. The zero-order chi connectivity index (χ0) is 9.38. The van der Waals surface area contributed by atoms with E-state index in [1.165, 1.54) is 24.1 Å². The second-order valence-corrected chi connectivity index (χ2v) is 4.16. The van der Waals surface area contributed by atoms with Gasteiger partial charge < -0.3 is 5.32 Å². The van der Waals surface area contributed by atoms with E-state index in [4.69, 9.17) is 0 Å². The molecule has 2 heteroatoms. The summed E-state index contributed by atoms with van der Waals surface area (Å²) in [6.45, 7) is 2.33. The Morgan fingerprint density at radius 3 is 3.21 bits per heavy atom. The molecule has 72 valence electrons. The van der Waals surface area contributed by atoms with Crippen LogP contribution < -0.4 is 5.32 Å². The Hall–Kier alpha value is -1.15. The fourth-order valence-corrected chi connectivity index (χ4v) is 2.64. The first-order valence-electron chi connectivity index (χ1n) is 5.26. The van der Waals surface area contributed by atoms with Gasteiger partial charge in [0.25, 0.3) is 0 Å². The van der Waals surface area contributed by atoms with Crippen LogP contribution in [0.4, 0.5) is 0 Å². The molecule has 2 aliphatic rings. The van der Waals surface area contributed by atoms with Crippen LogP contribution in [-0.4, -0.2) is 18.1 Å². The van der Waals surface area contributed by atoms with Gasteiger partial charge in [-0.1, -0.05) is 12.1 Å². The van der Waals surface area contributed by atoms with Gasteiger partial charge in [-0.3, -0.25) is 4.98 Å². The maximum absolute atomic E-state index is 4.18. The predicted octanol–water partition coefficient (Wildman–Crippen LogP) is 1.70. The Kier molecular flexibility index (Phi) is 1.88. The third kappa shape index (κ3) is 1.18. The standard InChI is InChI=1S/C12H14N2/c1-2-9(6-13-5-1)11-4-3-10-7-14-8-12(10)11/h1-2,4-6,10,12,14H,3,7-8H2/t10-,12+/m1/s1. The Labute approximate surface area is 84.1 Å². The highest BCUT2D eigenvalue weighted by Crippen LogP contribution is 2.39. The van der Waals surface area contributed by atoms with E-state index >= 15 is 0 Å². The molecule has 1 aliphatic carbocycles. The minimum Gasteiger partial charge on any atom is -0.316 e. The van der Waals surface area contributed by atoms with Gasteiger partial charge >= 0.3 is 0 Å². The van der Waals surface area contributed by atoms with E-state index in [0.29, 0.717) is 0 Å². The number of hydrogen-bond donors (Lipinski definition) is 1. The van der Waals surface area contributed by atoms with Gasteiger partial charge in [0.2, 0.25) is 0 Å². The van der Waals surface area contributed by atoms with Crippen LogP contribution in [0.15, 0.2) is 30.6 Å². The smallest absolute Gasteiger partial charge is 0.0343 e. The Balaban J connectivity index is 1.93. The van der Waals surface area contributed by atoms with Crippen LogP contribution in [0.3, 0.4) is 0 Å². The van der Waals surface area contributed by atoms with Crippen molar-refractivity contribution in [1.82, 2.24) is 10.3 Å². The van der Waals surface area contributed by atoms with E-state index in [9.17, 15) is 0 Å². The Morgan fingerprint density at radius 1 is 1.36 bits per heavy atom. The van der Waals surface area contributed by atoms with E-state index in [1.807, 2.05) is 18.5 Å². The molecule has 2 nitrogen and oxygen atoms in total. The van der Waals surface area contributed by atoms with Crippen LogP contribution in [0.2, 0.25) is 0 Å². The molecule has 0 unspecified atom stereocenters. The van der Waals surface area contributed by atoms with Gasteiger partial charge in [-0.15, -0.1) is 0 Å². The molecule has 1 aliphatic heterocycles. The number of hydrogen-bond acceptors (Lipinski definition) is 2. The molecule has 1 saturated heterocycles. The van der Waals surface area contributed by atoms with Crippen LogP contribution >= 0.6 is 0 Å². The molecule has 1 fully saturated rings. The van der Waals surface area contributed by atoms with E-state index in [0.717, 1.165) is 18.4 Å². The molecule has 2 atom stereocenters. The van der Waals surface area contributed by atoms with E-state index in [2.05, 4.69) is 22.4 Å². The third-order valence-electron chi connectivity index (χ3n) is 3.37. The second kappa shape index (κ2) is 3.21. The molecule has 0 spiro atoms. The van der Waals surface area contributed by atoms with Crippen LogP contribution in [-0.2, 0) is 0 Å². The van der Waals surface area contributed by atoms with Gasteiger partial charge in [0, 0.05) is 24.9 Å². The lowest BCUT2D eigenvalue weighted by molar-refractivity contribution is 0.542. The van der Waals surface area contributed by atoms with Gasteiger partial charge in [-0.25, -0.2) is 0 Å². The van der Waals surface area contributed by atoms with Gasteiger partial charge in [0.15, 0.2) is 0 Å². The van der Waals surface area contributed by atoms with Gasteiger partial charge in [0.05, 0.1) is 0 Å². The summed E-state index contributed by atoms with van der Waals surface area (Å²) in [5.74, 6) is 1.57. The molecule has 0 aromatic carbocycles. The van der Waals surface area contributed by atoms with Gasteiger partial charge in [0.1, 0.15) is 0 Å². The lowest BCUT2D eigenvalue weighted by atomic mass is 9.91. The summed E-state index contributed by atoms with van der Waals surface area (Å²) in [6.07, 6.45) is 7.45. The zero-order valence-corrected chi connectivity index (χ0v) is 8.11. The molecule has 3 rings (SSSR count). The fraction of sp³-hybridized carbons (Fsp3) is 0.417. The normalized spacial score (nSPS) is 30.1. The number of pyridine rings is 1. The highest BCUT2D eigenvalue weighted by molar-refractivity contribution is 5.69. The third-order valence-corrected chi connectivity index (χ3v) is 3.37. The summed E-state index contributed by atoms with van der Waals surface area (Å²) in [4.78, 5) is 4.18. The molecule has 14 heavy (non-hydrogen) atoms. The topological polar surface area (TPSA) is 24.9 Å². The molecule has 0 saturated carbocycles. The van der Waals surface area contributed by atoms with Crippen molar-refractivity contribution in [3.63, 3.8) is 0 Å². The summed E-state index contributed by atoms with van der Waals surface area (Å²) < 4.78 is 0. The number of aromatic nitrogens is 1. The maximum atomic E-state index is 4.18. The summed E-state index contributed by atoms with van der Waals surface area (Å²) in [5.41, 5.74) is 2.82. The van der Waals surface area contributed by atoms with Crippen molar-refractivity contribution in [1.29, 1.82) is 0 Å². The van der Waals surface area contributed by atoms with Crippen molar-refractivity contribution in [3.05, 3.63) is 36.2 Å². The second-order valence-electron chi connectivity index (χ2n) is 4.16. The number of nitrogens with zero attached hydrogens (tertiary/aromatic N) is 1. The number of fused-ring (bicyclic) bond motifs is 1. The molecule has 1 aromatic rings. The zero-order valence-electron chi connectivity index (χ0n) is 8.11. The van der Waals surface area contributed by atoms with E-state index < -0.39 is 0 Å². The minimum absolute atomic E-state index is 0.735. The predicted molar refractivity (Wildman–Crippen MR) is 56.7 cm³/mol. The molecule has 0 radical (unpaired) electrons. The molecule has 2 heterocycles. The van der Waals surface area contributed by atoms with Crippen molar-refractivity contribution in [2.24, 2.45) is 11.8 Å². The Morgan fingerprint density at radius 2 is 2.36 bits per heavy atom. The van der Waals surface area contributed by atoms with Crippen LogP contribution in [0.1, 0.15) is 12.0 Å². The lowest BCUT2D eigenvalue weighted by Gasteiger charge is -2.12. The molecule has 0 bridgehead atoms. The number of rotatable bonds is 1. The SMILES string of the molecule is C1=C(c2cccnc2)[C@H]2CNC[C@H]2C1. The maximum Gasteiger partial charge on any atom is 0.0343 e. The summed E-state index contributed by atoms with van der Waals surface area (Å²) in [7, 11) is 0. The monoisotopic (exact) mass is 186 g/mol. The lowest BCUT2D eigenvalue weighted by Crippen LogP contribution is -2.09. The largest absolute Gasteiger partial charge is 0.316 e. The number of allylic oxidation sites excluding steroid dienone is 1. The molecule has 1 aromatic heterocycles. The molecule has 1 N–H and O–H groups in total. The Bertz CT molecular complexity index is 356. The molecule has 0 amide bonds. The van der Waals surface area contributed by atoms with Crippen LogP contribution in [0, 0.1) is 11.8 Å². The first-order chi connectivity index (χ1) is 6.95. The number of nitrogens with one attached hydrogen (secondary N) is 1. The highest BCUT2D eigenvalue weighted by atomic mass is 14.9. The van der Waals surface area contributed by atoms with Crippen LogP contribution in [0.5, 0.6) is 0 Å². The average Bonchev–Trinajstić information content (AvgIpc) is 2.79. The van der Waals surface area contributed by atoms with Gasteiger partial charge in [-0.05, 0) is 36.1 Å². The summed E-state index contributed by atoms with van der Waals surface area (Å²) in [6, 6.07) is 4.19. The van der Waals surface area contributed by atoms with Crippen molar-refractivity contribution in [3.8, 4) is 0 Å². The molecular weight excluding hydrogens is 172 g/mol. The average molecular weight is 186 g/mol. The fourth-order valence-electron chi connectivity index (χ4n) is 2.64. The first-order valence-corrected chi connectivity index (χ1v) is 5.26. The quantitative estimate of drug-likeness (QED) is 0.722. The van der Waals surface area contributed by atoms with Crippen molar-refractivity contribution >= 4 is 5.57 Å². The minimum atomic E-state index is 0.735. The molecular formula is C12H14N2.